The summed E-state index contributed by atoms with van der Waals surface area (Å²) in [6.07, 6.45) is 9.95. The highest BCUT2D eigenvalue weighted by Gasteiger charge is 2.28. The number of pyridine rings is 1. The van der Waals surface area contributed by atoms with Gasteiger partial charge in [0, 0.05) is 42.7 Å². The molecule has 122 valence electrons. The molecule has 1 saturated heterocycles. The van der Waals surface area contributed by atoms with Crippen LogP contribution in [0.15, 0.2) is 24.4 Å². The van der Waals surface area contributed by atoms with Gasteiger partial charge in [0.05, 0.1) is 0 Å². The molecule has 4 rings (SSSR count). The molecule has 1 aliphatic heterocycles. The smallest absolute Gasteiger partial charge is 0.222 e. The van der Waals surface area contributed by atoms with E-state index in [1.807, 2.05) is 12.3 Å². The number of carbonyl (C=O) groups excluding carboxylic acids is 1. The highest BCUT2D eigenvalue weighted by Crippen LogP contribution is 2.31. The van der Waals surface area contributed by atoms with E-state index in [0.717, 1.165) is 43.4 Å². The van der Waals surface area contributed by atoms with Gasteiger partial charge in [-0.15, -0.1) is 0 Å². The van der Waals surface area contributed by atoms with Gasteiger partial charge in [-0.1, -0.05) is 12.8 Å². The summed E-state index contributed by atoms with van der Waals surface area (Å²) in [6, 6.07) is 6.27. The Morgan fingerprint density at radius 1 is 1.26 bits per heavy atom. The maximum Gasteiger partial charge on any atom is 0.222 e. The molecule has 2 aliphatic rings. The molecule has 0 bridgehead atoms. The first-order valence-electron chi connectivity index (χ1n) is 9.01. The molecule has 23 heavy (non-hydrogen) atoms. The Labute approximate surface area is 137 Å². The minimum absolute atomic E-state index is 0.371. The summed E-state index contributed by atoms with van der Waals surface area (Å²) in [5.41, 5.74) is 2.19. The third kappa shape index (κ3) is 3.12. The van der Waals surface area contributed by atoms with E-state index in [1.54, 1.807) is 0 Å². The zero-order chi connectivity index (χ0) is 15.6. The van der Waals surface area contributed by atoms with Crippen LogP contribution in [0.4, 0.5) is 0 Å². The molecule has 1 unspecified atom stereocenters. The number of aromatic nitrogens is 2. The Balaban J connectivity index is 1.44. The van der Waals surface area contributed by atoms with E-state index in [9.17, 15) is 4.79 Å². The van der Waals surface area contributed by atoms with Crippen molar-refractivity contribution in [3.05, 3.63) is 30.1 Å². The van der Waals surface area contributed by atoms with Crippen LogP contribution in [0, 0.1) is 5.92 Å². The molecule has 2 fully saturated rings. The maximum absolute atomic E-state index is 12.6. The lowest BCUT2D eigenvalue weighted by Gasteiger charge is -2.33. The average Bonchev–Trinajstić information content (AvgIpc) is 3.24. The van der Waals surface area contributed by atoms with E-state index in [1.165, 1.54) is 31.4 Å². The monoisotopic (exact) mass is 311 g/mol. The first-order chi connectivity index (χ1) is 11.3. The Kier molecular flexibility index (Phi) is 4.06. The molecule has 4 nitrogen and oxygen atoms in total. The number of hydrogen-bond acceptors (Lipinski definition) is 2. The molecule has 3 heterocycles. The Morgan fingerprint density at radius 3 is 2.96 bits per heavy atom. The van der Waals surface area contributed by atoms with Crippen molar-refractivity contribution in [2.75, 3.05) is 13.1 Å². The van der Waals surface area contributed by atoms with Crippen molar-refractivity contribution in [3.63, 3.8) is 0 Å². The lowest BCUT2D eigenvalue weighted by Crippen LogP contribution is -2.39. The molecule has 0 radical (unpaired) electrons. The van der Waals surface area contributed by atoms with Crippen LogP contribution in [0.3, 0.4) is 0 Å². The van der Waals surface area contributed by atoms with E-state index in [2.05, 4.69) is 27.0 Å². The number of fused-ring (bicyclic) bond motifs is 1. The van der Waals surface area contributed by atoms with Gasteiger partial charge in [-0.2, -0.15) is 0 Å². The summed E-state index contributed by atoms with van der Waals surface area (Å²) in [7, 11) is 0. The van der Waals surface area contributed by atoms with Gasteiger partial charge in [0.15, 0.2) is 0 Å². The molecule has 2 aromatic rings. The van der Waals surface area contributed by atoms with Crippen molar-refractivity contribution < 1.29 is 4.79 Å². The Bertz CT molecular complexity index is 654. The summed E-state index contributed by atoms with van der Waals surface area (Å²) in [6.45, 7) is 1.79. The number of nitrogens with zero attached hydrogens (tertiary/aromatic N) is 2. The van der Waals surface area contributed by atoms with Gasteiger partial charge < -0.3 is 9.88 Å². The number of amides is 1. The van der Waals surface area contributed by atoms with Gasteiger partial charge in [0.1, 0.15) is 5.65 Å². The van der Waals surface area contributed by atoms with Gasteiger partial charge in [0.25, 0.3) is 0 Å². The number of likely N-dealkylation sites (tertiary alicyclic amines) is 1. The SMILES string of the molecule is O=C(CC1CCCC1)N1CCCC(c2cc3cccnc3[nH]2)C1. The number of nitrogens with one attached hydrogen (secondary N) is 1. The van der Waals surface area contributed by atoms with Crippen molar-refractivity contribution in [1.29, 1.82) is 0 Å². The molecular weight excluding hydrogens is 286 g/mol. The number of aromatic amines is 1. The topological polar surface area (TPSA) is 49.0 Å². The normalized spacial score (nSPS) is 22.8. The molecule has 4 heteroatoms. The Morgan fingerprint density at radius 2 is 2.13 bits per heavy atom. The molecule has 1 aliphatic carbocycles. The zero-order valence-corrected chi connectivity index (χ0v) is 13.6. The van der Waals surface area contributed by atoms with E-state index in [4.69, 9.17) is 0 Å². The second-order valence-corrected chi connectivity index (χ2v) is 7.20. The number of hydrogen-bond donors (Lipinski definition) is 1. The molecule has 2 aromatic heterocycles. The van der Waals surface area contributed by atoms with Crippen LogP contribution in [0.1, 0.15) is 56.6 Å². The number of carbonyl (C=O) groups is 1. The predicted molar refractivity (Wildman–Crippen MR) is 91.2 cm³/mol. The van der Waals surface area contributed by atoms with Crippen LogP contribution in [-0.2, 0) is 4.79 Å². The van der Waals surface area contributed by atoms with Crippen LogP contribution in [0.2, 0.25) is 0 Å². The summed E-state index contributed by atoms with van der Waals surface area (Å²) in [5, 5.41) is 1.16. The van der Waals surface area contributed by atoms with E-state index in [-0.39, 0.29) is 0 Å². The van der Waals surface area contributed by atoms with Crippen molar-refractivity contribution in [2.45, 2.75) is 50.9 Å². The van der Waals surface area contributed by atoms with Crippen LogP contribution in [0.25, 0.3) is 11.0 Å². The van der Waals surface area contributed by atoms with Gasteiger partial charge in [-0.25, -0.2) is 4.98 Å². The van der Waals surface area contributed by atoms with Crippen molar-refractivity contribution in [3.8, 4) is 0 Å². The zero-order valence-electron chi connectivity index (χ0n) is 13.6. The van der Waals surface area contributed by atoms with Crippen molar-refractivity contribution in [2.24, 2.45) is 5.92 Å². The Hall–Kier alpha value is -1.84. The minimum Gasteiger partial charge on any atom is -0.343 e. The van der Waals surface area contributed by atoms with Crippen LogP contribution < -0.4 is 0 Å². The van der Waals surface area contributed by atoms with Crippen molar-refractivity contribution >= 4 is 16.9 Å². The second kappa shape index (κ2) is 6.34. The standard InChI is InChI=1S/C19H25N3O/c23-18(11-14-5-1-2-6-14)22-10-4-8-16(13-22)17-12-15-7-3-9-20-19(15)21-17/h3,7,9,12,14,16H,1-2,4-6,8,10-11,13H2,(H,20,21). The third-order valence-corrected chi connectivity index (χ3v) is 5.56. The summed E-state index contributed by atoms with van der Waals surface area (Å²) >= 11 is 0. The number of piperidine rings is 1. The van der Waals surface area contributed by atoms with Gasteiger partial charge >= 0.3 is 0 Å². The van der Waals surface area contributed by atoms with Crippen LogP contribution >= 0.6 is 0 Å². The molecule has 1 saturated carbocycles. The first kappa shape index (κ1) is 14.7. The maximum atomic E-state index is 12.6. The third-order valence-electron chi connectivity index (χ3n) is 5.56. The highest BCUT2D eigenvalue weighted by molar-refractivity contribution is 5.77. The van der Waals surface area contributed by atoms with E-state index >= 15 is 0 Å². The fourth-order valence-electron chi connectivity index (χ4n) is 4.25. The molecule has 0 aromatic carbocycles. The minimum atomic E-state index is 0.371. The van der Waals surface area contributed by atoms with Crippen LogP contribution in [-0.4, -0.2) is 33.9 Å². The van der Waals surface area contributed by atoms with E-state index in [0.29, 0.717) is 17.7 Å². The average molecular weight is 311 g/mol. The summed E-state index contributed by atoms with van der Waals surface area (Å²) in [4.78, 5) is 22.5. The fourth-order valence-corrected chi connectivity index (χ4v) is 4.25. The molecule has 1 N–H and O–H groups in total. The predicted octanol–water partition coefficient (Wildman–Crippen LogP) is 3.85. The van der Waals surface area contributed by atoms with E-state index < -0.39 is 0 Å². The first-order valence-corrected chi connectivity index (χ1v) is 9.01. The van der Waals surface area contributed by atoms with Gasteiger partial charge in [0.2, 0.25) is 5.91 Å². The quantitative estimate of drug-likeness (QED) is 0.936. The largest absolute Gasteiger partial charge is 0.343 e. The van der Waals surface area contributed by atoms with Crippen LogP contribution in [0.5, 0.6) is 0 Å². The number of H-pyrrole nitrogens is 1. The second-order valence-electron chi connectivity index (χ2n) is 7.20. The van der Waals surface area contributed by atoms with Crippen molar-refractivity contribution in [1.82, 2.24) is 14.9 Å². The summed E-state index contributed by atoms with van der Waals surface area (Å²) in [5.74, 6) is 1.43. The fraction of sp³-hybridized carbons (Fsp3) is 0.579. The molecule has 0 spiro atoms. The molecular formula is C19H25N3O. The van der Waals surface area contributed by atoms with Gasteiger partial charge in [-0.05, 0) is 49.8 Å². The van der Waals surface area contributed by atoms with Gasteiger partial charge in [-0.3, -0.25) is 4.79 Å². The number of rotatable bonds is 3. The summed E-state index contributed by atoms with van der Waals surface area (Å²) < 4.78 is 0. The molecule has 1 amide bonds. The molecule has 1 atom stereocenters. The highest BCUT2D eigenvalue weighted by atomic mass is 16.2. The lowest BCUT2D eigenvalue weighted by molar-refractivity contribution is -0.133. The lowest BCUT2D eigenvalue weighted by atomic mass is 9.93.